The third kappa shape index (κ3) is 2.25. The SMILES string of the molecule is c1ccc2c(c1)B1N(c3ccc4sc5ccccc5c4c3)c3ccccc3N1c1occc1-2. The zero-order valence-electron chi connectivity index (χ0n) is 17.6. The van der Waals surface area contributed by atoms with E-state index >= 15 is 0 Å². The van der Waals surface area contributed by atoms with Crippen molar-refractivity contribution >= 4 is 66.9 Å². The fraction of sp³-hybridized carbons (Fsp3) is 0. The van der Waals surface area contributed by atoms with Crippen LogP contribution in [0.2, 0.25) is 0 Å². The number of rotatable bonds is 1. The predicted molar refractivity (Wildman–Crippen MR) is 140 cm³/mol. The molecule has 0 amide bonds. The number of fused-ring (bicyclic) bond motifs is 11. The summed E-state index contributed by atoms with van der Waals surface area (Å²) < 4.78 is 8.74. The van der Waals surface area contributed by atoms with Gasteiger partial charge in [0.05, 0.1) is 17.6 Å². The van der Waals surface area contributed by atoms with Gasteiger partial charge in [-0.1, -0.05) is 54.6 Å². The molecule has 2 aromatic heterocycles. The van der Waals surface area contributed by atoms with E-state index < -0.39 is 0 Å². The standard InChI is InChI=1S/C28H17BN2OS/c1-3-9-23-19(7-1)21-15-16-32-28(21)31-25-11-5-4-10-24(25)30(29(23)31)18-13-14-27-22(17-18)20-8-2-6-12-26(20)33-27/h1-17H. The van der Waals surface area contributed by atoms with Gasteiger partial charge in [-0.25, -0.2) is 0 Å². The number of benzene rings is 4. The first kappa shape index (κ1) is 17.6. The van der Waals surface area contributed by atoms with Gasteiger partial charge >= 0.3 is 6.98 Å². The van der Waals surface area contributed by atoms with E-state index in [4.69, 9.17) is 4.42 Å². The van der Waals surface area contributed by atoms with Crippen LogP contribution in [-0.2, 0) is 0 Å². The van der Waals surface area contributed by atoms with Gasteiger partial charge in [0.25, 0.3) is 0 Å². The Morgan fingerprint density at radius 2 is 1.39 bits per heavy atom. The summed E-state index contributed by atoms with van der Waals surface area (Å²) in [5.41, 5.74) is 7.23. The van der Waals surface area contributed by atoms with E-state index in [0.717, 1.165) is 11.4 Å². The second kappa shape index (κ2) is 6.30. The lowest BCUT2D eigenvalue weighted by atomic mass is 9.60. The Bertz CT molecular complexity index is 1720. The van der Waals surface area contributed by atoms with Crippen LogP contribution in [0.4, 0.5) is 22.9 Å². The van der Waals surface area contributed by atoms with Crippen molar-refractivity contribution < 1.29 is 4.42 Å². The van der Waals surface area contributed by atoms with E-state index in [2.05, 4.69) is 107 Å². The Labute approximate surface area is 195 Å². The molecular formula is C28H17BN2OS. The van der Waals surface area contributed by atoms with Crippen LogP contribution in [0.5, 0.6) is 0 Å². The second-order valence-electron chi connectivity index (χ2n) is 8.61. The Morgan fingerprint density at radius 1 is 0.636 bits per heavy atom. The molecule has 2 aliphatic rings. The molecule has 8 rings (SSSR count). The predicted octanol–water partition coefficient (Wildman–Crippen LogP) is 7.31. The normalized spacial score (nSPS) is 13.9. The van der Waals surface area contributed by atoms with Gasteiger partial charge in [0.2, 0.25) is 0 Å². The zero-order valence-corrected chi connectivity index (χ0v) is 18.4. The van der Waals surface area contributed by atoms with Gasteiger partial charge in [-0.15, -0.1) is 11.3 Å². The van der Waals surface area contributed by atoms with Crippen LogP contribution in [0.3, 0.4) is 0 Å². The lowest BCUT2D eigenvalue weighted by Crippen LogP contribution is -2.55. The summed E-state index contributed by atoms with van der Waals surface area (Å²) in [5, 5.41) is 2.63. The number of furan rings is 1. The molecule has 0 saturated carbocycles. The van der Waals surface area contributed by atoms with Crippen molar-refractivity contribution in [1.82, 2.24) is 0 Å². The quantitative estimate of drug-likeness (QED) is 0.250. The first-order chi connectivity index (χ1) is 16.4. The molecule has 0 N–H and O–H groups in total. The fourth-order valence-electron chi connectivity index (χ4n) is 5.55. The van der Waals surface area contributed by atoms with Crippen molar-refractivity contribution in [2.75, 3.05) is 9.62 Å². The topological polar surface area (TPSA) is 19.6 Å². The first-order valence-electron chi connectivity index (χ1n) is 11.1. The van der Waals surface area contributed by atoms with Gasteiger partial charge in [-0.05, 0) is 53.5 Å². The molecule has 0 saturated heterocycles. The minimum Gasteiger partial charge on any atom is -0.449 e. The number of thiophene rings is 1. The summed E-state index contributed by atoms with van der Waals surface area (Å²) in [6, 6.07) is 35.0. The van der Waals surface area contributed by atoms with Crippen LogP contribution in [-0.4, -0.2) is 6.98 Å². The summed E-state index contributed by atoms with van der Waals surface area (Å²) in [6.07, 6.45) is 1.80. The lowest BCUT2D eigenvalue weighted by molar-refractivity contribution is 0.578. The molecule has 4 aromatic carbocycles. The Kier molecular flexibility index (Phi) is 3.36. The number of hydrogen-bond donors (Lipinski definition) is 0. The number of nitrogens with zero attached hydrogens (tertiary/aromatic N) is 2. The van der Waals surface area contributed by atoms with Crippen LogP contribution in [0.25, 0.3) is 31.3 Å². The van der Waals surface area contributed by atoms with Gasteiger partial charge in [0.15, 0.2) is 5.88 Å². The molecule has 0 atom stereocenters. The molecule has 4 heterocycles. The fourth-order valence-corrected chi connectivity index (χ4v) is 6.64. The van der Waals surface area contributed by atoms with E-state index in [1.165, 1.54) is 48.3 Å². The van der Waals surface area contributed by atoms with Gasteiger partial charge in [0.1, 0.15) is 0 Å². The highest BCUT2D eigenvalue weighted by molar-refractivity contribution is 7.25. The smallest absolute Gasteiger partial charge is 0.423 e. The molecule has 33 heavy (non-hydrogen) atoms. The van der Waals surface area contributed by atoms with Crippen LogP contribution < -0.4 is 15.1 Å². The maximum absolute atomic E-state index is 6.08. The maximum atomic E-state index is 6.08. The number of hydrogen-bond acceptors (Lipinski definition) is 4. The Balaban J connectivity index is 1.42. The van der Waals surface area contributed by atoms with Crippen molar-refractivity contribution in [2.45, 2.75) is 0 Å². The zero-order chi connectivity index (χ0) is 21.5. The number of anilines is 4. The summed E-state index contributed by atoms with van der Waals surface area (Å²) in [4.78, 5) is 4.81. The minimum atomic E-state index is -0.000370. The molecule has 0 aliphatic carbocycles. The van der Waals surface area contributed by atoms with Gasteiger partial charge in [-0.2, -0.15) is 0 Å². The molecule has 6 aromatic rings. The lowest BCUT2D eigenvalue weighted by Gasteiger charge is -2.33. The molecule has 3 nitrogen and oxygen atoms in total. The van der Waals surface area contributed by atoms with Crippen molar-refractivity contribution in [1.29, 1.82) is 0 Å². The summed E-state index contributed by atoms with van der Waals surface area (Å²) in [6.45, 7) is -0.000370. The van der Waals surface area contributed by atoms with Gasteiger partial charge < -0.3 is 14.0 Å². The largest absolute Gasteiger partial charge is 0.449 e. The van der Waals surface area contributed by atoms with E-state index in [1.807, 2.05) is 11.3 Å². The van der Waals surface area contributed by atoms with Crippen LogP contribution in [0.15, 0.2) is 108 Å². The van der Waals surface area contributed by atoms with E-state index in [9.17, 15) is 0 Å². The third-order valence-corrected chi connectivity index (χ3v) is 8.07. The van der Waals surface area contributed by atoms with Crippen LogP contribution >= 0.6 is 11.3 Å². The second-order valence-corrected chi connectivity index (χ2v) is 9.69. The third-order valence-electron chi connectivity index (χ3n) is 6.92. The average molecular weight is 440 g/mol. The Morgan fingerprint density at radius 3 is 2.33 bits per heavy atom. The summed E-state index contributed by atoms with van der Waals surface area (Å²) >= 11 is 1.86. The summed E-state index contributed by atoms with van der Waals surface area (Å²) in [7, 11) is 0. The van der Waals surface area contributed by atoms with Crippen LogP contribution in [0, 0.1) is 0 Å². The molecule has 5 heteroatoms. The monoisotopic (exact) mass is 440 g/mol. The molecular weight excluding hydrogens is 423 g/mol. The van der Waals surface area contributed by atoms with Crippen molar-refractivity contribution in [3.05, 3.63) is 103 Å². The van der Waals surface area contributed by atoms with E-state index in [0.29, 0.717) is 0 Å². The molecule has 2 aliphatic heterocycles. The first-order valence-corrected chi connectivity index (χ1v) is 12.0. The van der Waals surface area contributed by atoms with Crippen molar-refractivity contribution in [3.8, 4) is 11.1 Å². The van der Waals surface area contributed by atoms with E-state index in [-0.39, 0.29) is 6.98 Å². The van der Waals surface area contributed by atoms with E-state index in [1.54, 1.807) is 6.26 Å². The summed E-state index contributed by atoms with van der Waals surface area (Å²) in [5.74, 6) is 0.913. The number of para-hydroxylation sites is 2. The van der Waals surface area contributed by atoms with Gasteiger partial charge in [0, 0.05) is 31.4 Å². The Hall–Kier alpha value is -3.96. The molecule has 0 unspecified atom stereocenters. The average Bonchev–Trinajstić information content (AvgIpc) is 3.57. The highest BCUT2D eigenvalue weighted by Crippen LogP contribution is 2.51. The highest BCUT2D eigenvalue weighted by Gasteiger charge is 2.49. The molecule has 0 bridgehead atoms. The molecule has 154 valence electrons. The highest BCUT2D eigenvalue weighted by atomic mass is 32.1. The minimum absolute atomic E-state index is 0.000370. The van der Waals surface area contributed by atoms with Crippen molar-refractivity contribution in [2.24, 2.45) is 0 Å². The molecule has 0 fully saturated rings. The van der Waals surface area contributed by atoms with Crippen LogP contribution in [0.1, 0.15) is 0 Å². The molecule has 0 radical (unpaired) electrons. The maximum Gasteiger partial charge on any atom is 0.423 e. The van der Waals surface area contributed by atoms with Crippen molar-refractivity contribution in [3.63, 3.8) is 0 Å². The van der Waals surface area contributed by atoms with Gasteiger partial charge in [-0.3, -0.25) is 0 Å². The molecule has 0 spiro atoms.